The molecule has 3 nitrogen and oxygen atoms in total. The van der Waals surface area contributed by atoms with E-state index in [2.05, 4.69) is 43.0 Å². The Kier molecular flexibility index (Phi) is 7.46. The summed E-state index contributed by atoms with van der Waals surface area (Å²) in [5, 5.41) is 0. The van der Waals surface area contributed by atoms with Crippen LogP contribution in [-0.2, 0) is 4.74 Å². The molecule has 0 unspecified atom stereocenters. The molecule has 1 aromatic carbocycles. The van der Waals surface area contributed by atoms with Crippen molar-refractivity contribution in [3.8, 4) is 0 Å². The highest BCUT2D eigenvalue weighted by Gasteiger charge is 2.05. The summed E-state index contributed by atoms with van der Waals surface area (Å²) in [5.74, 6) is 0. The third kappa shape index (κ3) is 5.52. The van der Waals surface area contributed by atoms with Crippen LogP contribution in [-0.4, -0.2) is 32.8 Å². The first-order valence-electron chi connectivity index (χ1n) is 6.87. The molecule has 0 fully saturated rings. The normalized spacial score (nSPS) is 10.6. The fourth-order valence-electron chi connectivity index (χ4n) is 1.83. The average molecular weight is 250 g/mol. The van der Waals surface area contributed by atoms with Crippen molar-refractivity contribution in [3.05, 3.63) is 29.8 Å². The maximum absolute atomic E-state index is 5.60. The first-order chi connectivity index (χ1) is 8.77. The van der Waals surface area contributed by atoms with Crippen molar-refractivity contribution in [2.24, 2.45) is 5.73 Å². The van der Waals surface area contributed by atoms with E-state index in [4.69, 9.17) is 10.5 Å². The van der Waals surface area contributed by atoms with Crippen molar-refractivity contribution in [1.29, 1.82) is 0 Å². The van der Waals surface area contributed by atoms with E-state index in [0.717, 1.165) is 45.7 Å². The second-order valence-corrected chi connectivity index (χ2v) is 4.58. The molecule has 1 aromatic rings. The van der Waals surface area contributed by atoms with Gasteiger partial charge in [0, 0.05) is 25.4 Å². The summed E-state index contributed by atoms with van der Waals surface area (Å²) >= 11 is 0. The van der Waals surface area contributed by atoms with Gasteiger partial charge < -0.3 is 15.4 Å². The van der Waals surface area contributed by atoms with Gasteiger partial charge in [-0.3, -0.25) is 0 Å². The molecule has 0 aliphatic carbocycles. The van der Waals surface area contributed by atoms with Crippen molar-refractivity contribution >= 4 is 5.69 Å². The molecular weight excluding hydrogens is 224 g/mol. The number of ether oxygens (including phenoxy) is 1. The van der Waals surface area contributed by atoms with Crippen LogP contribution < -0.4 is 10.6 Å². The Labute approximate surface area is 111 Å². The summed E-state index contributed by atoms with van der Waals surface area (Å²) in [6.07, 6.45) is 2.09. The van der Waals surface area contributed by atoms with E-state index >= 15 is 0 Å². The molecule has 18 heavy (non-hydrogen) atoms. The van der Waals surface area contributed by atoms with Gasteiger partial charge >= 0.3 is 0 Å². The standard InChI is InChI=1S/C15H26N2O/c1-3-12-18-13-11-17(10-4-9-16)15-7-5-14(2)6-8-15/h5-8H,3-4,9-13,16H2,1-2H3. The summed E-state index contributed by atoms with van der Waals surface area (Å²) in [4.78, 5) is 2.35. The zero-order valence-electron chi connectivity index (χ0n) is 11.7. The third-order valence-electron chi connectivity index (χ3n) is 2.89. The van der Waals surface area contributed by atoms with Crippen LogP contribution in [0.5, 0.6) is 0 Å². The van der Waals surface area contributed by atoms with Gasteiger partial charge in [-0.1, -0.05) is 24.6 Å². The maximum atomic E-state index is 5.60. The Bertz CT molecular complexity index is 311. The number of anilines is 1. The van der Waals surface area contributed by atoms with E-state index in [1.165, 1.54) is 11.3 Å². The summed E-state index contributed by atoms with van der Waals surface area (Å²) in [6, 6.07) is 8.65. The Hall–Kier alpha value is -1.06. The van der Waals surface area contributed by atoms with E-state index in [0.29, 0.717) is 0 Å². The van der Waals surface area contributed by atoms with Crippen molar-refractivity contribution in [3.63, 3.8) is 0 Å². The first-order valence-corrected chi connectivity index (χ1v) is 6.87. The predicted molar refractivity (Wildman–Crippen MR) is 78.2 cm³/mol. The Morgan fingerprint density at radius 1 is 1.11 bits per heavy atom. The monoisotopic (exact) mass is 250 g/mol. The van der Waals surface area contributed by atoms with E-state index < -0.39 is 0 Å². The molecule has 0 aliphatic rings. The highest BCUT2D eigenvalue weighted by atomic mass is 16.5. The molecule has 0 amide bonds. The Balaban J connectivity index is 2.51. The van der Waals surface area contributed by atoms with Crippen LogP contribution in [0.15, 0.2) is 24.3 Å². The van der Waals surface area contributed by atoms with Gasteiger partial charge in [-0.2, -0.15) is 0 Å². The van der Waals surface area contributed by atoms with E-state index in [1.54, 1.807) is 0 Å². The van der Waals surface area contributed by atoms with Crippen LogP contribution in [0, 0.1) is 6.92 Å². The lowest BCUT2D eigenvalue weighted by atomic mass is 10.2. The highest BCUT2D eigenvalue weighted by Crippen LogP contribution is 2.15. The molecule has 0 aromatic heterocycles. The second kappa shape index (κ2) is 8.95. The fraction of sp³-hybridized carbons (Fsp3) is 0.600. The average Bonchev–Trinajstić information content (AvgIpc) is 2.39. The number of rotatable bonds is 9. The third-order valence-corrected chi connectivity index (χ3v) is 2.89. The van der Waals surface area contributed by atoms with Gasteiger partial charge in [0.15, 0.2) is 0 Å². The van der Waals surface area contributed by atoms with E-state index in [1.807, 2.05) is 0 Å². The molecular formula is C15H26N2O. The van der Waals surface area contributed by atoms with Crippen LogP contribution >= 0.6 is 0 Å². The smallest absolute Gasteiger partial charge is 0.0641 e. The molecule has 0 bridgehead atoms. The Morgan fingerprint density at radius 2 is 1.83 bits per heavy atom. The van der Waals surface area contributed by atoms with Gasteiger partial charge in [0.05, 0.1) is 6.61 Å². The largest absolute Gasteiger partial charge is 0.380 e. The number of hydrogen-bond acceptors (Lipinski definition) is 3. The number of nitrogens with two attached hydrogens (primary N) is 1. The van der Waals surface area contributed by atoms with Crippen molar-refractivity contribution < 1.29 is 4.74 Å². The minimum atomic E-state index is 0.734. The topological polar surface area (TPSA) is 38.5 Å². The zero-order valence-corrected chi connectivity index (χ0v) is 11.7. The van der Waals surface area contributed by atoms with Gasteiger partial charge in [0.25, 0.3) is 0 Å². The van der Waals surface area contributed by atoms with Crippen LogP contribution in [0.3, 0.4) is 0 Å². The number of benzene rings is 1. The lowest BCUT2D eigenvalue weighted by Gasteiger charge is -2.24. The van der Waals surface area contributed by atoms with Gasteiger partial charge in [0.1, 0.15) is 0 Å². The lowest BCUT2D eigenvalue weighted by molar-refractivity contribution is 0.140. The molecule has 0 saturated carbocycles. The maximum Gasteiger partial charge on any atom is 0.0641 e. The summed E-state index contributed by atoms with van der Waals surface area (Å²) < 4.78 is 5.57. The molecule has 3 heteroatoms. The molecule has 102 valence electrons. The van der Waals surface area contributed by atoms with Gasteiger partial charge in [0.2, 0.25) is 0 Å². The van der Waals surface area contributed by atoms with E-state index in [9.17, 15) is 0 Å². The summed E-state index contributed by atoms with van der Waals surface area (Å²) in [7, 11) is 0. The minimum Gasteiger partial charge on any atom is -0.380 e. The molecule has 0 atom stereocenters. The number of aryl methyl sites for hydroxylation is 1. The lowest BCUT2D eigenvalue weighted by Crippen LogP contribution is -2.29. The SMILES string of the molecule is CCCOCCN(CCCN)c1ccc(C)cc1. The summed E-state index contributed by atoms with van der Waals surface area (Å²) in [5.41, 5.74) is 8.15. The van der Waals surface area contributed by atoms with Crippen molar-refractivity contribution in [2.75, 3.05) is 37.7 Å². The number of hydrogen-bond donors (Lipinski definition) is 1. The van der Waals surface area contributed by atoms with Gasteiger partial charge in [-0.25, -0.2) is 0 Å². The van der Waals surface area contributed by atoms with Crippen LogP contribution in [0.4, 0.5) is 5.69 Å². The molecule has 2 N–H and O–H groups in total. The van der Waals surface area contributed by atoms with Crippen molar-refractivity contribution in [1.82, 2.24) is 0 Å². The molecule has 0 spiro atoms. The first kappa shape index (κ1) is 15.0. The van der Waals surface area contributed by atoms with Crippen LogP contribution in [0.2, 0.25) is 0 Å². The fourth-order valence-corrected chi connectivity index (χ4v) is 1.83. The minimum absolute atomic E-state index is 0.734. The van der Waals surface area contributed by atoms with Gasteiger partial charge in [-0.15, -0.1) is 0 Å². The molecule has 0 radical (unpaired) electrons. The summed E-state index contributed by atoms with van der Waals surface area (Å²) in [6.45, 7) is 8.53. The van der Waals surface area contributed by atoms with Gasteiger partial charge in [-0.05, 0) is 38.4 Å². The van der Waals surface area contributed by atoms with Crippen LogP contribution in [0.25, 0.3) is 0 Å². The highest BCUT2D eigenvalue weighted by molar-refractivity contribution is 5.47. The van der Waals surface area contributed by atoms with Crippen molar-refractivity contribution in [2.45, 2.75) is 26.7 Å². The van der Waals surface area contributed by atoms with Crippen LogP contribution in [0.1, 0.15) is 25.3 Å². The molecule has 0 saturated heterocycles. The quantitative estimate of drug-likeness (QED) is 0.685. The second-order valence-electron chi connectivity index (χ2n) is 4.58. The van der Waals surface area contributed by atoms with E-state index in [-0.39, 0.29) is 0 Å². The molecule has 1 rings (SSSR count). The Morgan fingerprint density at radius 3 is 2.44 bits per heavy atom. The molecule has 0 heterocycles. The predicted octanol–water partition coefficient (Wildman–Crippen LogP) is 2.58. The zero-order chi connectivity index (χ0) is 13.2. The number of nitrogens with zero attached hydrogens (tertiary/aromatic N) is 1. The molecule has 0 aliphatic heterocycles.